The first kappa shape index (κ1) is 18.5. The lowest BCUT2D eigenvalue weighted by Gasteiger charge is -2.23. The van der Waals surface area contributed by atoms with Crippen LogP contribution in [0.25, 0.3) is 22.4 Å². The number of aromatic amines is 1. The summed E-state index contributed by atoms with van der Waals surface area (Å²) in [5, 5.41) is 6.23. The Morgan fingerprint density at radius 1 is 1.07 bits per heavy atom. The highest BCUT2D eigenvalue weighted by Gasteiger charge is 2.34. The van der Waals surface area contributed by atoms with E-state index in [9.17, 15) is 18.0 Å². The number of hydrogen-bond donors (Lipinski definition) is 3. The minimum Gasteiger partial charge on any atom is -0.349 e. The van der Waals surface area contributed by atoms with Crippen LogP contribution >= 0.6 is 0 Å². The molecule has 0 bridgehead atoms. The van der Waals surface area contributed by atoms with Gasteiger partial charge in [0.25, 0.3) is 5.91 Å². The molecule has 1 aromatic heterocycles. The van der Waals surface area contributed by atoms with Crippen molar-refractivity contribution in [3.63, 3.8) is 0 Å². The topological polar surface area (TPSA) is 69.8 Å². The molecule has 3 N–H and O–H groups in total. The van der Waals surface area contributed by atoms with Crippen molar-refractivity contribution >= 4 is 16.9 Å². The molecular formula is C20H19F3N4O. The van der Waals surface area contributed by atoms with Crippen molar-refractivity contribution in [2.45, 2.75) is 25.1 Å². The summed E-state index contributed by atoms with van der Waals surface area (Å²) in [7, 11) is 0. The fraction of sp³-hybridized carbons (Fsp3) is 0.300. The molecule has 8 heteroatoms. The van der Waals surface area contributed by atoms with Crippen LogP contribution < -0.4 is 10.6 Å². The van der Waals surface area contributed by atoms with Crippen LogP contribution in [0, 0.1) is 0 Å². The summed E-state index contributed by atoms with van der Waals surface area (Å²) in [5.74, 6) is -0.176. The number of imidazole rings is 1. The highest BCUT2D eigenvalue weighted by atomic mass is 19.4. The maximum Gasteiger partial charge on any atom is 0.417 e. The van der Waals surface area contributed by atoms with Crippen LogP contribution in [0.1, 0.15) is 28.8 Å². The van der Waals surface area contributed by atoms with Gasteiger partial charge in [0.05, 0.1) is 16.6 Å². The Morgan fingerprint density at radius 2 is 1.82 bits per heavy atom. The Labute approximate surface area is 159 Å². The zero-order valence-corrected chi connectivity index (χ0v) is 14.9. The predicted octanol–water partition coefficient (Wildman–Crippen LogP) is 3.73. The highest BCUT2D eigenvalue weighted by Crippen LogP contribution is 2.36. The van der Waals surface area contributed by atoms with Crippen LogP contribution in [0.3, 0.4) is 0 Å². The van der Waals surface area contributed by atoms with Gasteiger partial charge in [0, 0.05) is 11.6 Å². The predicted molar refractivity (Wildman–Crippen MR) is 99.9 cm³/mol. The lowest BCUT2D eigenvalue weighted by Crippen LogP contribution is -2.42. The quantitative estimate of drug-likeness (QED) is 0.640. The molecule has 1 fully saturated rings. The van der Waals surface area contributed by atoms with Gasteiger partial charge < -0.3 is 15.6 Å². The van der Waals surface area contributed by atoms with Gasteiger partial charge in [0.2, 0.25) is 0 Å². The maximum atomic E-state index is 13.3. The van der Waals surface area contributed by atoms with Crippen molar-refractivity contribution in [3.8, 4) is 11.4 Å². The summed E-state index contributed by atoms with van der Waals surface area (Å²) < 4.78 is 40.0. The van der Waals surface area contributed by atoms with Gasteiger partial charge in [-0.2, -0.15) is 13.2 Å². The third-order valence-electron chi connectivity index (χ3n) is 4.92. The number of nitrogens with one attached hydrogen (secondary N) is 3. The summed E-state index contributed by atoms with van der Waals surface area (Å²) in [6, 6.07) is 10.4. The van der Waals surface area contributed by atoms with Gasteiger partial charge in [0.15, 0.2) is 0 Å². The molecule has 5 nitrogen and oxygen atoms in total. The monoisotopic (exact) mass is 388 g/mol. The van der Waals surface area contributed by atoms with E-state index in [1.807, 2.05) is 0 Å². The average molecular weight is 388 g/mol. The SMILES string of the molecule is O=C(NC1CCNCC1)c1cccc2[nH]c(-c3ccccc3C(F)(F)F)nc12. The minimum atomic E-state index is -4.50. The van der Waals surface area contributed by atoms with Crippen molar-refractivity contribution in [3.05, 3.63) is 53.6 Å². The number of alkyl halides is 3. The van der Waals surface area contributed by atoms with Crippen LogP contribution in [-0.4, -0.2) is 35.0 Å². The Hall–Kier alpha value is -2.87. The van der Waals surface area contributed by atoms with E-state index in [-0.39, 0.29) is 23.3 Å². The van der Waals surface area contributed by atoms with Gasteiger partial charge in [-0.05, 0) is 44.1 Å². The molecule has 3 aromatic rings. The number of fused-ring (bicyclic) bond motifs is 1. The molecule has 28 heavy (non-hydrogen) atoms. The van der Waals surface area contributed by atoms with Gasteiger partial charge in [-0.1, -0.05) is 24.3 Å². The van der Waals surface area contributed by atoms with E-state index in [4.69, 9.17) is 0 Å². The zero-order chi connectivity index (χ0) is 19.7. The van der Waals surface area contributed by atoms with E-state index in [2.05, 4.69) is 20.6 Å². The van der Waals surface area contributed by atoms with E-state index < -0.39 is 11.7 Å². The zero-order valence-electron chi connectivity index (χ0n) is 14.9. The van der Waals surface area contributed by atoms with E-state index >= 15 is 0 Å². The van der Waals surface area contributed by atoms with Crippen LogP contribution in [0.2, 0.25) is 0 Å². The molecule has 0 unspecified atom stereocenters. The van der Waals surface area contributed by atoms with Crippen LogP contribution in [0.5, 0.6) is 0 Å². The summed E-state index contributed by atoms with van der Waals surface area (Å²) >= 11 is 0. The summed E-state index contributed by atoms with van der Waals surface area (Å²) in [4.78, 5) is 20.0. The van der Waals surface area contributed by atoms with Crippen LogP contribution in [0.15, 0.2) is 42.5 Å². The molecule has 1 saturated heterocycles. The molecule has 1 aliphatic heterocycles. The first-order valence-corrected chi connectivity index (χ1v) is 9.10. The molecule has 0 spiro atoms. The first-order valence-electron chi connectivity index (χ1n) is 9.10. The van der Waals surface area contributed by atoms with Crippen molar-refractivity contribution < 1.29 is 18.0 Å². The molecule has 2 heterocycles. The molecule has 1 aliphatic rings. The van der Waals surface area contributed by atoms with E-state index in [0.29, 0.717) is 16.6 Å². The lowest BCUT2D eigenvalue weighted by molar-refractivity contribution is -0.137. The fourth-order valence-corrected chi connectivity index (χ4v) is 3.51. The van der Waals surface area contributed by atoms with E-state index in [0.717, 1.165) is 32.0 Å². The number of hydrogen-bond acceptors (Lipinski definition) is 3. The average Bonchev–Trinajstić information content (AvgIpc) is 3.12. The second-order valence-corrected chi connectivity index (χ2v) is 6.83. The number of H-pyrrole nitrogens is 1. The lowest BCUT2D eigenvalue weighted by atomic mass is 10.1. The molecule has 4 rings (SSSR count). The van der Waals surface area contributed by atoms with Crippen molar-refractivity contribution in [2.24, 2.45) is 0 Å². The molecule has 0 aliphatic carbocycles. The number of rotatable bonds is 3. The van der Waals surface area contributed by atoms with Gasteiger partial charge in [0.1, 0.15) is 11.3 Å². The largest absolute Gasteiger partial charge is 0.417 e. The Morgan fingerprint density at radius 3 is 2.57 bits per heavy atom. The Kier molecular flexibility index (Phi) is 4.80. The van der Waals surface area contributed by atoms with Gasteiger partial charge in [-0.25, -0.2) is 4.98 Å². The second kappa shape index (κ2) is 7.27. The van der Waals surface area contributed by atoms with Gasteiger partial charge in [-0.15, -0.1) is 0 Å². The number of nitrogens with zero attached hydrogens (tertiary/aromatic N) is 1. The maximum absolute atomic E-state index is 13.3. The number of para-hydroxylation sites is 1. The summed E-state index contributed by atoms with van der Waals surface area (Å²) in [6.07, 6.45) is -2.82. The van der Waals surface area contributed by atoms with Crippen molar-refractivity contribution in [1.29, 1.82) is 0 Å². The fourth-order valence-electron chi connectivity index (χ4n) is 3.51. The number of benzene rings is 2. The number of halogens is 3. The molecular weight excluding hydrogens is 369 g/mol. The normalized spacial score (nSPS) is 15.7. The standard InChI is InChI=1S/C20H19F3N4O/c21-20(22,23)15-6-2-1-4-13(15)18-26-16-7-3-5-14(17(16)27-18)19(28)25-12-8-10-24-11-9-12/h1-7,12,24H,8-11H2,(H,25,28)(H,26,27). The molecule has 0 radical (unpaired) electrons. The van der Waals surface area contributed by atoms with E-state index in [1.165, 1.54) is 18.2 Å². The van der Waals surface area contributed by atoms with Crippen LogP contribution in [-0.2, 0) is 6.18 Å². The first-order chi connectivity index (χ1) is 13.4. The van der Waals surface area contributed by atoms with Crippen molar-refractivity contribution in [1.82, 2.24) is 20.6 Å². The summed E-state index contributed by atoms with van der Waals surface area (Å²) in [6.45, 7) is 1.69. The van der Waals surface area contributed by atoms with E-state index in [1.54, 1.807) is 18.2 Å². The third-order valence-corrected chi connectivity index (χ3v) is 4.92. The smallest absolute Gasteiger partial charge is 0.349 e. The molecule has 2 aromatic carbocycles. The van der Waals surface area contributed by atoms with Gasteiger partial charge in [-0.3, -0.25) is 4.79 Å². The van der Waals surface area contributed by atoms with Crippen LogP contribution in [0.4, 0.5) is 13.2 Å². The third kappa shape index (κ3) is 3.60. The number of carbonyl (C=O) groups is 1. The number of carbonyl (C=O) groups excluding carboxylic acids is 1. The molecule has 1 amide bonds. The minimum absolute atomic E-state index is 0.0455. The Balaban J connectivity index is 1.71. The highest BCUT2D eigenvalue weighted by molar-refractivity contribution is 6.05. The number of amides is 1. The van der Waals surface area contributed by atoms with Crippen molar-refractivity contribution in [2.75, 3.05) is 13.1 Å². The molecule has 146 valence electrons. The second-order valence-electron chi connectivity index (χ2n) is 6.83. The number of aromatic nitrogens is 2. The van der Waals surface area contributed by atoms with Gasteiger partial charge >= 0.3 is 6.18 Å². The summed E-state index contributed by atoms with van der Waals surface area (Å²) in [5.41, 5.74) is 0.416. The number of piperidine rings is 1. The molecule has 0 atom stereocenters. The Bertz CT molecular complexity index is 1010. The molecule has 0 saturated carbocycles.